The molecule has 3 N–H and O–H groups in total. The highest BCUT2D eigenvalue weighted by Crippen LogP contribution is 2.15. The van der Waals surface area contributed by atoms with Gasteiger partial charge in [0.25, 0.3) is 5.91 Å². The summed E-state index contributed by atoms with van der Waals surface area (Å²) in [6.07, 6.45) is 0. The Balaban J connectivity index is 2.15. The average molecular weight is 372 g/mol. The molecule has 128 valence electrons. The van der Waals surface area contributed by atoms with Gasteiger partial charge in [-0.3, -0.25) is 9.52 Å². The Morgan fingerprint density at radius 3 is 2.24 bits per heavy atom. The molecular weight excluding hydrogens is 356 g/mol. The molecular formula is C18H16N2O3S2. The van der Waals surface area contributed by atoms with Crippen molar-refractivity contribution in [1.29, 1.82) is 0 Å². The maximum Gasteiger partial charge on any atom is 0.263 e. The molecule has 0 saturated carbocycles. The van der Waals surface area contributed by atoms with Crippen LogP contribution in [-0.4, -0.2) is 14.3 Å². The Bertz CT molecular complexity index is 925. The van der Waals surface area contributed by atoms with Crippen molar-refractivity contribution in [1.82, 2.24) is 4.72 Å². The monoisotopic (exact) mass is 372 g/mol. The summed E-state index contributed by atoms with van der Waals surface area (Å²) in [6, 6.07) is 12.8. The zero-order chi connectivity index (χ0) is 18.4. The molecule has 0 aliphatic carbocycles. The van der Waals surface area contributed by atoms with E-state index in [2.05, 4.69) is 23.1 Å². The lowest BCUT2D eigenvalue weighted by Gasteiger charge is -2.08. The first-order valence-electron chi connectivity index (χ1n) is 7.14. The van der Waals surface area contributed by atoms with Crippen molar-refractivity contribution >= 4 is 27.9 Å². The molecule has 2 aromatic rings. The number of nitrogens with one attached hydrogen (secondary N) is 1. The fourth-order valence-electron chi connectivity index (χ4n) is 1.85. The predicted octanol–water partition coefficient (Wildman–Crippen LogP) is 2.05. The number of hydrogen-bond donors (Lipinski definition) is 2. The molecule has 2 unspecified atom stereocenters. The van der Waals surface area contributed by atoms with Crippen LogP contribution < -0.4 is 9.86 Å². The molecule has 0 fully saturated rings. The summed E-state index contributed by atoms with van der Waals surface area (Å²) in [5, 5.41) is 5.37. The van der Waals surface area contributed by atoms with Crippen LogP contribution in [0.4, 0.5) is 0 Å². The second kappa shape index (κ2) is 8.53. The number of amides is 1. The molecule has 0 saturated heterocycles. The van der Waals surface area contributed by atoms with Gasteiger partial charge in [-0.15, -0.1) is 0 Å². The van der Waals surface area contributed by atoms with Crippen molar-refractivity contribution in [2.45, 2.75) is 16.7 Å². The molecule has 0 aliphatic rings. The zero-order valence-electron chi connectivity index (χ0n) is 13.4. The van der Waals surface area contributed by atoms with Crippen LogP contribution in [-0.2, 0) is 22.0 Å². The summed E-state index contributed by atoms with van der Waals surface area (Å²) in [7, 11) is -3.67. The van der Waals surface area contributed by atoms with E-state index in [9.17, 15) is 13.2 Å². The van der Waals surface area contributed by atoms with Gasteiger partial charge in [-0.25, -0.2) is 13.6 Å². The second-order valence-electron chi connectivity index (χ2n) is 5.05. The third-order valence-electron chi connectivity index (χ3n) is 3.02. The van der Waals surface area contributed by atoms with Crippen LogP contribution in [0.15, 0.2) is 70.5 Å². The Morgan fingerprint density at radius 2 is 1.68 bits per heavy atom. The third-order valence-corrected chi connectivity index (χ3v) is 5.06. The molecule has 2 rings (SSSR count). The van der Waals surface area contributed by atoms with Gasteiger partial charge in [0.2, 0.25) is 0 Å². The van der Waals surface area contributed by atoms with E-state index in [1.165, 1.54) is 12.1 Å². The van der Waals surface area contributed by atoms with Gasteiger partial charge in [-0.1, -0.05) is 30.6 Å². The number of hydrogen-bond acceptors (Lipinski definition) is 3. The number of carbonyl (C=O) groups is 1. The first-order valence-corrected chi connectivity index (χ1v) is 9.50. The summed E-state index contributed by atoms with van der Waals surface area (Å²) in [5.41, 5.74) is 1.82. The highest BCUT2D eigenvalue weighted by molar-refractivity contribution is 7.86. The quantitative estimate of drug-likeness (QED) is 0.805. The van der Waals surface area contributed by atoms with Crippen molar-refractivity contribution < 1.29 is 13.2 Å². The topological polar surface area (TPSA) is 89.3 Å². The fourth-order valence-corrected chi connectivity index (χ4v) is 3.65. The predicted molar refractivity (Wildman–Crippen MR) is 99.0 cm³/mol. The largest absolute Gasteiger partial charge is 0.268 e. The van der Waals surface area contributed by atoms with Crippen molar-refractivity contribution in [2.75, 3.05) is 0 Å². The van der Waals surface area contributed by atoms with Crippen LogP contribution in [0.2, 0.25) is 0 Å². The minimum absolute atomic E-state index is 0.209. The Labute approximate surface area is 151 Å². The third kappa shape index (κ3) is 5.22. The van der Waals surface area contributed by atoms with Crippen LogP contribution in [0.25, 0.3) is 0 Å². The molecule has 25 heavy (non-hydrogen) atoms. The summed E-state index contributed by atoms with van der Waals surface area (Å²) >= 11 is 0. The number of allylic oxidation sites excluding steroid dienone is 1. The van der Waals surface area contributed by atoms with Crippen LogP contribution in [0.5, 0.6) is 0 Å². The van der Waals surface area contributed by atoms with E-state index < -0.39 is 27.9 Å². The van der Waals surface area contributed by atoms with Gasteiger partial charge in [-0.2, -0.15) is 0 Å². The molecule has 0 aliphatic heterocycles. The molecule has 0 bridgehead atoms. The number of carbonyl (C=O) groups excluding carboxylic acids is 1. The average Bonchev–Trinajstić information content (AvgIpc) is 2.60. The van der Waals surface area contributed by atoms with E-state index in [0.717, 1.165) is 11.1 Å². The SMILES string of the molecule is C=C(C)C#Cc1ccc(C(=O)NS(=O)c2ccccc2S(N)=O)cc1. The van der Waals surface area contributed by atoms with Crippen LogP contribution in [0.1, 0.15) is 22.8 Å². The van der Waals surface area contributed by atoms with Crippen molar-refractivity contribution in [3.63, 3.8) is 0 Å². The first-order chi connectivity index (χ1) is 11.9. The number of nitrogens with two attached hydrogens (primary N) is 1. The Hall–Kier alpha value is -2.53. The van der Waals surface area contributed by atoms with E-state index in [-0.39, 0.29) is 9.79 Å². The lowest BCUT2D eigenvalue weighted by molar-refractivity contribution is 0.0983. The maximum atomic E-state index is 12.4. The molecule has 7 heteroatoms. The second-order valence-corrected chi connectivity index (χ2v) is 7.27. The molecule has 2 aromatic carbocycles. The van der Waals surface area contributed by atoms with Gasteiger partial charge in [0.15, 0.2) is 11.0 Å². The van der Waals surface area contributed by atoms with Crippen LogP contribution in [0.3, 0.4) is 0 Å². The van der Waals surface area contributed by atoms with Gasteiger partial charge in [-0.05, 0) is 48.9 Å². The standard InChI is InChI=1S/C18H16N2O3S2/c1-13(2)7-8-14-9-11-15(12-10-14)18(21)20-25(23)17-6-4-3-5-16(17)24(19)22/h3-6,9-12H,1,19H2,2H3,(H,20,21). The van der Waals surface area contributed by atoms with Gasteiger partial charge in [0, 0.05) is 11.1 Å². The van der Waals surface area contributed by atoms with Gasteiger partial charge >= 0.3 is 0 Å². The minimum Gasteiger partial charge on any atom is -0.268 e. The van der Waals surface area contributed by atoms with E-state index in [0.29, 0.717) is 5.56 Å². The Morgan fingerprint density at radius 1 is 1.08 bits per heavy atom. The Kier molecular flexibility index (Phi) is 6.42. The van der Waals surface area contributed by atoms with Gasteiger partial charge in [0.1, 0.15) is 11.0 Å². The van der Waals surface area contributed by atoms with E-state index in [1.54, 1.807) is 43.3 Å². The molecule has 0 radical (unpaired) electrons. The molecule has 2 atom stereocenters. The van der Waals surface area contributed by atoms with Crippen molar-refractivity contribution in [2.24, 2.45) is 5.14 Å². The minimum atomic E-state index is -1.87. The van der Waals surface area contributed by atoms with Gasteiger partial charge in [0.05, 0.1) is 9.79 Å². The number of benzene rings is 2. The smallest absolute Gasteiger partial charge is 0.263 e. The lowest BCUT2D eigenvalue weighted by atomic mass is 10.1. The van der Waals surface area contributed by atoms with E-state index in [1.807, 2.05) is 0 Å². The summed E-state index contributed by atoms with van der Waals surface area (Å²) in [4.78, 5) is 12.6. The van der Waals surface area contributed by atoms with E-state index >= 15 is 0 Å². The van der Waals surface area contributed by atoms with E-state index in [4.69, 9.17) is 5.14 Å². The normalized spacial score (nSPS) is 12.4. The molecule has 0 heterocycles. The van der Waals surface area contributed by atoms with Crippen molar-refractivity contribution in [3.8, 4) is 11.8 Å². The summed E-state index contributed by atoms with van der Waals surface area (Å²) in [5.74, 6) is 5.24. The molecule has 5 nitrogen and oxygen atoms in total. The summed E-state index contributed by atoms with van der Waals surface area (Å²) in [6.45, 7) is 5.50. The highest BCUT2D eigenvalue weighted by Gasteiger charge is 2.15. The lowest BCUT2D eigenvalue weighted by Crippen LogP contribution is -2.26. The zero-order valence-corrected chi connectivity index (χ0v) is 15.1. The molecule has 1 amide bonds. The van der Waals surface area contributed by atoms with Crippen LogP contribution >= 0.6 is 0 Å². The molecule has 0 spiro atoms. The highest BCUT2D eigenvalue weighted by atomic mass is 32.2. The van der Waals surface area contributed by atoms with Gasteiger partial charge < -0.3 is 0 Å². The van der Waals surface area contributed by atoms with Crippen LogP contribution in [0, 0.1) is 11.8 Å². The molecule has 0 aromatic heterocycles. The fraction of sp³-hybridized carbons (Fsp3) is 0.0556. The first kappa shape index (κ1) is 18.8. The summed E-state index contributed by atoms with van der Waals surface area (Å²) < 4.78 is 26.2. The van der Waals surface area contributed by atoms with Crippen molar-refractivity contribution in [3.05, 3.63) is 71.8 Å². The maximum absolute atomic E-state index is 12.4. The number of rotatable bonds is 4.